The van der Waals surface area contributed by atoms with Crippen LogP contribution in [0.3, 0.4) is 0 Å². The summed E-state index contributed by atoms with van der Waals surface area (Å²) in [7, 11) is 0. The Labute approximate surface area is 127 Å². The molecule has 1 aromatic carbocycles. The third-order valence-corrected chi connectivity index (χ3v) is 4.33. The fourth-order valence-corrected chi connectivity index (χ4v) is 2.15. The molecule has 2 unspecified atom stereocenters. The molecule has 4 heteroatoms. The number of hydrogen-bond acceptors (Lipinski definition) is 4. The number of aliphatic hydroxyl groups is 1. The summed E-state index contributed by atoms with van der Waals surface area (Å²) in [4.78, 5) is 0. The summed E-state index contributed by atoms with van der Waals surface area (Å²) >= 11 is 1.87. The van der Waals surface area contributed by atoms with Gasteiger partial charge in [0.25, 0.3) is 0 Å². The maximum Gasteiger partial charge on any atom is 0.122 e. The summed E-state index contributed by atoms with van der Waals surface area (Å²) < 4.78 is 5.68. The van der Waals surface area contributed by atoms with E-state index in [1.165, 1.54) is 5.56 Å². The molecule has 0 aliphatic heterocycles. The Kier molecular flexibility index (Phi) is 8.04. The van der Waals surface area contributed by atoms with Gasteiger partial charge in [-0.15, -0.1) is 0 Å². The van der Waals surface area contributed by atoms with Gasteiger partial charge in [0, 0.05) is 11.8 Å². The highest BCUT2D eigenvalue weighted by Crippen LogP contribution is 2.19. The van der Waals surface area contributed by atoms with Crippen molar-refractivity contribution in [3.05, 3.63) is 29.3 Å². The maximum absolute atomic E-state index is 9.90. The lowest BCUT2D eigenvalue weighted by Gasteiger charge is -2.15. The topological polar surface area (TPSA) is 41.5 Å². The van der Waals surface area contributed by atoms with Crippen LogP contribution in [0, 0.1) is 13.8 Å². The first-order chi connectivity index (χ1) is 9.52. The third kappa shape index (κ3) is 6.64. The predicted molar refractivity (Wildman–Crippen MR) is 87.9 cm³/mol. The van der Waals surface area contributed by atoms with Gasteiger partial charge in [0.15, 0.2) is 0 Å². The van der Waals surface area contributed by atoms with E-state index in [1.54, 1.807) is 0 Å². The largest absolute Gasteiger partial charge is 0.491 e. The number of ether oxygens (including phenoxy) is 1. The fraction of sp³-hybridized carbons (Fsp3) is 0.625. The van der Waals surface area contributed by atoms with Gasteiger partial charge in [0.2, 0.25) is 0 Å². The number of hydrogen-bond donors (Lipinski definition) is 2. The molecule has 2 N–H and O–H groups in total. The van der Waals surface area contributed by atoms with E-state index in [0.29, 0.717) is 18.4 Å². The second-order valence-corrected chi connectivity index (χ2v) is 6.55. The van der Waals surface area contributed by atoms with E-state index in [-0.39, 0.29) is 0 Å². The molecular formula is C16H27NO2S. The lowest BCUT2D eigenvalue weighted by atomic mass is 10.1. The molecule has 0 amide bonds. The number of aryl methyl sites for hydroxylation is 2. The Hall–Kier alpha value is -0.710. The average Bonchev–Trinajstić information content (AvgIpc) is 2.44. The zero-order chi connectivity index (χ0) is 15.0. The van der Waals surface area contributed by atoms with Crippen molar-refractivity contribution in [2.24, 2.45) is 0 Å². The molecule has 0 radical (unpaired) electrons. The monoisotopic (exact) mass is 297 g/mol. The summed E-state index contributed by atoms with van der Waals surface area (Å²) in [5, 5.41) is 13.8. The standard InChI is InChI=1S/C16H27NO2S/c1-12-5-6-13(2)16(9-12)19-11-15(18)10-17-8-7-14(3)20-4/h5-6,9,14-15,17-18H,7-8,10-11H2,1-4H3. The second kappa shape index (κ2) is 9.27. The molecule has 0 saturated heterocycles. The molecular weight excluding hydrogens is 270 g/mol. The third-order valence-electron chi connectivity index (χ3n) is 3.28. The predicted octanol–water partition coefficient (Wildman–Crippen LogP) is 2.77. The summed E-state index contributed by atoms with van der Waals surface area (Å²) in [5.41, 5.74) is 2.27. The highest BCUT2D eigenvalue weighted by atomic mass is 32.2. The normalized spacial score (nSPS) is 14.1. The second-order valence-electron chi connectivity index (χ2n) is 5.27. The minimum atomic E-state index is -0.473. The first-order valence-electron chi connectivity index (χ1n) is 7.14. The van der Waals surface area contributed by atoms with Gasteiger partial charge >= 0.3 is 0 Å². The van der Waals surface area contributed by atoms with E-state index in [0.717, 1.165) is 24.3 Å². The van der Waals surface area contributed by atoms with E-state index in [9.17, 15) is 5.11 Å². The molecule has 0 heterocycles. The number of thioether (sulfide) groups is 1. The van der Waals surface area contributed by atoms with Gasteiger partial charge in [-0.2, -0.15) is 11.8 Å². The zero-order valence-corrected chi connectivity index (χ0v) is 13.8. The lowest BCUT2D eigenvalue weighted by molar-refractivity contribution is 0.106. The van der Waals surface area contributed by atoms with E-state index < -0.39 is 6.10 Å². The van der Waals surface area contributed by atoms with Crippen LogP contribution in [0.25, 0.3) is 0 Å². The van der Waals surface area contributed by atoms with Crippen LogP contribution in [-0.4, -0.2) is 42.4 Å². The van der Waals surface area contributed by atoms with Gasteiger partial charge in [-0.25, -0.2) is 0 Å². The average molecular weight is 297 g/mol. The van der Waals surface area contributed by atoms with Crippen molar-refractivity contribution in [3.8, 4) is 5.75 Å². The van der Waals surface area contributed by atoms with Crippen molar-refractivity contribution in [1.29, 1.82) is 0 Å². The van der Waals surface area contributed by atoms with E-state index in [4.69, 9.17) is 4.74 Å². The van der Waals surface area contributed by atoms with Crippen molar-refractivity contribution in [2.45, 2.75) is 38.5 Å². The van der Waals surface area contributed by atoms with Crippen molar-refractivity contribution >= 4 is 11.8 Å². The molecule has 1 rings (SSSR count). The summed E-state index contributed by atoms with van der Waals surface area (Å²) in [6.07, 6.45) is 2.77. The maximum atomic E-state index is 9.90. The van der Waals surface area contributed by atoms with Crippen LogP contribution in [0.2, 0.25) is 0 Å². The molecule has 0 spiro atoms. The van der Waals surface area contributed by atoms with E-state index in [2.05, 4.69) is 24.6 Å². The highest BCUT2D eigenvalue weighted by Gasteiger charge is 2.07. The number of nitrogens with one attached hydrogen (secondary N) is 1. The Morgan fingerprint density at radius 2 is 2.10 bits per heavy atom. The first kappa shape index (κ1) is 17.3. The zero-order valence-electron chi connectivity index (χ0n) is 13.0. The van der Waals surface area contributed by atoms with Crippen LogP contribution in [-0.2, 0) is 0 Å². The highest BCUT2D eigenvalue weighted by molar-refractivity contribution is 7.99. The number of benzene rings is 1. The molecule has 0 bridgehead atoms. The molecule has 0 aromatic heterocycles. The fourth-order valence-electron chi connectivity index (χ4n) is 1.80. The Bertz CT molecular complexity index is 398. The Morgan fingerprint density at radius 1 is 1.35 bits per heavy atom. The van der Waals surface area contributed by atoms with Crippen LogP contribution in [0.15, 0.2) is 18.2 Å². The summed E-state index contributed by atoms with van der Waals surface area (Å²) in [6, 6.07) is 6.11. The Morgan fingerprint density at radius 3 is 2.80 bits per heavy atom. The quantitative estimate of drug-likeness (QED) is 0.688. The molecule has 114 valence electrons. The molecule has 0 saturated carbocycles. The van der Waals surface area contributed by atoms with Gasteiger partial charge < -0.3 is 15.2 Å². The number of rotatable bonds is 9. The summed E-state index contributed by atoms with van der Waals surface area (Å²) in [6.45, 7) is 8.11. The Balaban J connectivity index is 2.22. The molecule has 20 heavy (non-hydrogen) atoms. The molecule has 0 fully saturated rings. The lowest BCUT2D eigenvalue weighted by Crippen LogP contribution is -2.32. The molecule has 0 aliphatic carbocycles. The van der Waals surface area contributed by atoms with Gasteiger partial charge in [-0.1, -0.05) is 19.1 Å². The van der Waals surface area contributed by atoms with E-state index >= 15 is 0 Å². The molecule has 0 aliphatic rings. The molecule has 3 nitrogen and oxygen atoms in total. The van der Waals surface area contributed by atoms with Crippen molar-refractivity contribution in [2.75, 3.05) is 26.0 Å². The van der Waals surface area contributed by atoms with Crippen molar-refractivity contribution in [1.82, 2.24) is 5.32 Å². The van der Waals surface area contributed by atoms with Gasteiger partial charge in [0.1, 0.15) is 18.5 Å². The number of aliphatic hydroxyl groups excluding tert-OH is 1. The summed E-state index contributed by atoms with van der Waals surface area (Å²) in [5.74, 6) is 0.861. The first-order valence-corrected chi connectivity index (χ1v) is 8.43. The van der Waals surface area contributed by atoms with Crippen LogP contribution in [0.5, 0.6) is 5.75 Å². The van der Waals surface area contributed by atoms with Crippen molar-refractivity contribution < 1.29 is 9.84 Å². The van der Waals surface area contributed by atoms with Gasteiger partial charge in [-0.05, 0) is 50.3 Å². The minimum Gasteiger partial charge on any atom is -0.491 e. The SMILES string of the molecule is CSC(C)CCNCC(O)COc1cc(C)ccc1C. The van der Waals surface area contributed by atoms with Gasteiger partial charge in [-0.3, -0.25) is 0 Å². The van der Waals surface area contributed by atoms with Gasteiger partial charge in [0.05, 0.1) is 0 Å². The molecule has 1 aromatic rings. The van der Waals surface area contributed by atoms with Crippen LogP contribution >= 0.6 is 11.8 Å². The smallest absolute Gasteiger partial charge is 0.122 e. The van der Waals surface area contributed by atoms with Crippen LogP contribution in [0.4, 0.5) is 0 Å². The van der Waals surface area contributed by atoms with E-state index in [1.807, 2.05) is 37.7 Å². The van der Waals surface area contributed by atoms with Crippen LogP contribution < -0.4 is 10.1 Å². The van der Waals surface area contributed by atoms with Crippen molar-refractivity contribution in [3.63, 3.8) is 0 Å². The molecule has 2 atom stereocenters. The van der Waals surface area contributed by atoms with Crippen LogP contribution in [0.1, 0.15) is 24.5 Å². The minimum absolute atomic E-state index is 0.329.